The number of amides is 1. The molecule has 0 aliphatic rings. The van der Waals surface area contributed by atoms with Crippen molar-refractivity contribution in [2.45, 2.75) is 19.4 Å². The predicted molar refractivity (Wildman–Crippen MR) is 48.5 cm³/mol. The Morgan fingerprint density at radius 3 is 2.53 bits per heavy atom. The normalized spacial score (nSPS) is 12.2. The Balaban J connectivity index is 2.76. The second kappa shape index (κ2) is 4.68. The Bertz CT molecular complexity index is 351. The van der Waals surface area contributed by atoms with Crippen LogP contribution in [0, 0.1) is 11.6 Å². The van der Waals surface area contributed by atoms with Gasteiger partial charge in [-0.05, 0) is 13.3 Å². The van der Waals surface area contributed by atoms with Crippen molar-refractivity contribution in [3.63, 3.8) is 0 Å². The fraction of sp³-hybridized carbons (Fsp3) is 0.333. The van der Waals surface area contributed by atoms with Crippen LogP contribution in [-0.2, 0) is 6.42 Å². The van der Waals surface area contributed by atoms with Crippen molar-refractivity contribution in [1.82, 2.24) is 10.3 Å². The number of carbonyl (C=O) groups is 1. The largest absolute Gasteiger partial charge is 0.465 e. The van der Waals surface area contributed by atoms with Crippen molar-refractivity contribution in [2.75, 3.05) is 0 Å². The third kappa shape index (κ3) is 3.16. The topological polar surface area (TPSA) is 62.2 Å². The Hall–Kier alpha value is -1.72. The van der Waals surface area contributed by atoms with Crippen LogP contribution >= 0.6 is 0 Å². The van der Waals surface area contributed by atoms with E-state index in [1.165, 1.54) is 6.92 Å². The predicted octanol–water partition coefficient (Wildman–Crippen LogP) is 1.56. The van der Waals surface area contributed by atoms with Crippen molar-refractivity contribution < 1.29 is 18.7 Å². The lowest BCUT2D eigenvalue weighted by Crippen LogP contribution is -2.33. The molecule has 1 atom stereocenters. The molecule has 1 heterocycles. The van der Waals surface area contributed by atoms with Gasteiger partial charge in [-0.2, -0.15) is 0 Å². The zero-order valence-corrected chi connectivity index (χ0v) is 8.00. The Morgan fingerprint density at radius 2 is 2.07 bits per heavy atom. The van der Waals surface area contributed by atoms with Gasteiger partial charge in [-0.1, -0.05) is 0 Å². The van der Waals surface area contributed by atoms with Gasteiger partial charge in [-0.25, -0.2) is 13.6 Å². The van der Waals surface area contributed by atoms with Crippen LogP contribution in [-0.4, -0.2) is 22.2 Å². The lowest BCUT2D eigenvalue weighted by molar-refractivity contribution is 0.190. The molecule has 2 N–H and O–H groups in total. The highest BCUT2D eigenvalue weighted by Crippen LogP contribution is 2.12. The number of nitrogens with zero attached hydrogens (tertiary/aromatic N) is 1. The maximum atomic E-state index is 13.1. The standard InChI is InChI=1S/C9H10F2N2O2/c1-5(13-9(14)15)2-6-7(10)3-12-4-8(6)11/h3-5,13H,2H2,1H3,(H,14,15). The average molecular weight is 216 g/mol. The van der Waals surface area contributed by atoms with Crippen molar-refractivity contribution in [1.29, 1.82) is 0 Å². The van der Waals surface area contributed by atoms with E-state index in [9.17, 15) is 13.6 Å². The zero-order valence-electron chi connectivity index (χ0n) is 8.00. The van der Waals surface area contributed by atoms with E-state index >= 15 is 0 Å². The van der Waals surface area contributed by atoms with Crippen LogP contribution in [0.1, 0.15) is 12.5 Å². The minimum atomic E-state index is -1.22. The molecule has 0 saturated heterocycles. The molecule has 0 aliphatic heterocycles. The van der Waals surface area contributed by atoms with Crippen molar-refractivity contribution >= 4 is 6.09 Å². The van der Waals surface area contributed by atoms with E-state index in [0.29, 0.717) is 0 Å². The quantitative estimate of drug-likeness (QED) is 0.805. The molecule has 1 unspecified atom stereocenters. The molecule has 1 aromatic rings. The summed E-state index contributed by atoms with van der Waals surface area (Å²) in [5.41, 5.74) is -0.161. The molecule has 1 aromatic heterocycles. The summed E-state index contributed by atoms with van der Waals surface area (Å²) in [6.45, 7) is 1.52. The molecule has 1 amide bonds. The Morgan fingerprint density at radius 1 is 1.53 bits per heavy atom. The highest BCUT2D eigenvalue weighted by Gasteiger charge is 2.14. The number of halogens is 2. The molecular formula is C9H10F2N2O2. The van der Waals surface area contributed by atoms with E-state index in [0.717, 1.165) is 12.4 Å². The molecule has 0 spiro atoms. The summed E-state index contributed by atoms with van der Waals surface area (Å²) in [6, 6.07) is -0.561. The molecule has 4 nitrogen and oxygen atoms in total. The summed E-state index contributed by atoms with van der Waals surface area (Å²) < 4.78 is 26.1. The highest BCUT2D eigenvalue weighted by atomic mass is 19.1. The molecule has 15 heavy (non-hydrogen) atoms. The molecule has 82 valence electrons. The number of hydrogen-bond donors (Lipinski definition) is 2. The fourth-order valence-electron chi connectivity index (χ4n) is 1.20. The lowest BCUT2D eigenvalue weighted by Gasteiger charge is -2.11. The van der Waals surface area contributed by atoms with E-state index in [2.05, 4.69) is 10.3 Å². The monoisotopic (exact) mass is 216 g/mol. The minimum absolute atomic E-state index is 0.0491. The molecule has 6 heteroatoms. The van der Waals surface area contributed by atoms with Gasteiger partial charge in [-0.3, -0.25) is 4.98 Å². The number of aromatic nitrogens is 1. The molecule has 1 rings (SSSR count). The highest BCUT2D eigenvalue weighted by molar-refractivity contribution is 5.64. The van der Waals surface area contributed by atoms with E-state index in [-0.39, 0.29) is 12.0 Å². The summed E-state index contributed by atoms with van der Waals surface area (Å²) in [6.07, 6.45) is 0.516. The molecule has 0 aromatic carbocycles. The summed E-state index contributed by atoms with van der Waals surface area (Å²) in [7, 11) is 0. The van der Waals surface area contributed by atoms with E-state index in [1.54, 1.807) is 0 Å². The first-order chi connectivity index (χ1) is 7.00. The number of pyridine rings is 1. The zero-order chi connectivity index (χ0) is 11.4. The molecule has 0 radical (unpaired) electrons. The number of hydrogen-bond acceptors (Lipinski definition) is 2. The second-order valence-electron chi connectivity index (χ2n) is 3.14. The fourth-order valence-corrected chi connectivity index (χ4v) is 1.20. The Kier molecular flexibility index (Phi) is 3.54. The van der Waals surface area contributed by atoms with Gasteiger partial charge in [0.15, 0.2) is 0 Å². The van der Waals surface area contributed by atoms with Gasteiger partial charge in [0.25, 0.3) is 0 Å². The molecule has 0 bridgehead atoms. The van der Waals surface area contributed by atoms with Gasteiger partial charge in [0.2, 0.25) is 0 Å². The van der Waals surface area contributed by atoms with Gasteiger partial charge in [0.05, 0.1) is 12.4 Å². The van der Waals surface area contributed by atoms with Crippen LogP contribution in [0.3, 0.4) is 0 Å². The van der Waals surface area contributed by atoms with Crippen molar-refractivity contribution in [3.05, 3.63) is 29.6 Å². The number of rotatable bonds is 3. The third-order valence-corrected chi connectivity index (χ3v) is 1.83. The number of carboxylic acid groups (broad SMARTS) is 1. The van der Waals surface area contributed by atoms with Crippen LogP contribution in [0.4, 0.5) is 13.6 Å². The molecule has 0 fully saturated rings. The van der Waals surface area contributed by atoms with Crippen LogP contribution in [0.5, 0.6) is 0 Å². The van der Waals surface area contributed by atoms with Gasteiger partial charge in [0.1, 0.15) is 11.6 Å². The first-order valence-electron chi connectivity index (χ1n) is 4.28. The third-order valence-electron chi connectivity index (χ3n) is 1.83. The lowest BCUT2D eigenvalue weighted by atomic mass is 10.1. The molecule has 0 saturated carbocycles. The van der Waals surface area contributed by atoms with Crippen LogP contribution < -0.4 is 5.32 Å². The maximum absolute atomic E-state index is 13.1. The summed E-state index contributed by atoms with van der Waals surface area (Å²) in [4.78, 5) is 13.6. The summed E-state index contributed by atoms with van der Waals surface area (Å²) >= 11 is 0. The number of nitrogens with one attached hydrogen (secondary N) is 1. The maximum Gasteiger partial charge on any atom is 0.404 e. The van der Waals surface area contributed by atoms with Gasteiger partial charge < -0.3 is 10.4 Å². The first kappa shape index (κ1) is 11.4. The first-order valence-corrected chi connectivity index (χ1v) is 4.28. The Labute approximate surface area is 84.9 Å². The van der Waals surface area contributed by atoms with Crippen LogP contribution in [0.15, 0.2) is 12.4 Å². The SMILES string of the molecule is CC(Cc1c(F)cncc1F)NC(=O)O. The van der Waals surface area contributed by atoms with E-state index in [4.69, 9.17) is 5.11 Å². The summed E-state index contributed by atoms with van der Waals surface area (Å²) in [5, 5.41) is 10.5. The van der Waals surface area contributed by atoms with Gasteiger partial charge >= 0.3 is 6.09 Å². The molecular weight excluding hydrogens is 206 g/mol. The minimum Gasteiger partial charge on any atom is -0.465 e. The van der Waals surface area contributed by atoms with E-state index < -0.39 is 23.8 Å². The van der Waals surface area contributed by atoms with Gasteiger partial charge in [0, 0.05) is 11.6 Å². The average Bonchev–Trinajstić information content (AvgIpc) is 2.10. The van der Waals surface area contributed by atoms with Gasteiger partial charge in [-0.15, -0.1) is 0 Å². The van der Waals surface area contributed by atoms with E-state index in [1.807, 2.05) is 0 Å². The van der Waals surface area contributed by atoms with Crippen molar-refractivity contribution in [2.24, 2.45) is 0 Å². The van der Waals surface area contributed by atoms with Crippen LogP contribution in [0.25, 0.3) is 0 Å². The second-order valence-corrected chi connectivity index (χ2v) is 3.14. The van der Waals surface area contributed by atoms with Crippen LogP contribution in [0.2, 0.25) is 0 Å². The van der Waals surface area contributed by atoms with Crippen molar-refractivity contribution in [3.8, 4) is 0 Å². The molecule has 0 aliphatic carbocycles. The smallest absolute Gasteiger partial charge is 0.404 e. The summed E-state index contributed by atoms with van der Waals surface area (Å²) in [5.74, 6) is -1.54.